The Morgan fingerprint density at radius 3 is 2.60 bits per heavy atom. The lowest BCUT2D eigenvalue weighted by molar-refractivity contribution is -0.131. The molecule has 0 aliphatic rings. The molecule has 0 unspecified atom stereocenters. The third-order valence-electron chi connectivity index (χ3n) is 2.38. The largest absolute Gasteiger partial charge is 0.427 e. The van der Waals surface area contributed by atoms with E-state index in [0.29, 0.717) is 17.0 Å². The van der Waals surface area contributed by atoms with E-state index in [-0.39, 0.29) is 18.3 Å². The van der Waals surface area contributed by atoms with Crippen LogP contribution < -0.4 is 15.8 Å². The molecule has 0 fully saturated rings. The van der Waals surface area contributed by atoms with E-state index in [4.69, 9.17) is 15.0 Å². The van der Waals surface area contributed by atoms with Gasteiger partial charge >= 0.3 is 5.97 Å². The van der Waals surface area contributed by atoms with Crippen molar-refractivity contribution in [2.75, 3.05) is 5.32 Å². The average Bonchev–Trinajstić information content (AvgIpc) is 2.86. The van der Waals surface area contributed by atoms with Gasteiger partial charge in [-0.3, -0.25) is 14.9 Å². The number of nitrogens with zero attached hydrogens (tertiary/aromatic N) is 1. The van der Waals surface area contributed by atoms with Crippen LogP contribution in [0.2, 0.25) is 0 Å². The maximum atomic E-state index is 11.9. The standard InChI is InChI=1S/C13H13N3O4/c1-8(17)19-11-4-2-9(3-5-11)13(18)15-12-6-10(7-14)16-20-12/h2-6H,7,14H2,1H3,(H,15,18). The predicted molar refractivity (Wildman–Crippen MR) is 70.1 cm³/mol. The van der Waals surface area contributed by atoms with E-state index >= 15 is 0 Å². The average molecular weight is 275 g/mol. The molecule has 0 saturated carbocycles. The molecule has 0 aliphatic carbocycles. The Bertz CT molecular complexity index is 619. The molecule has 0 bridgehead atoms. The Kier molecular flexibility index (Phi) is 4.11. The summed E-state index contributed by atoms with van der Waals surface area (Å²) in [5.41, 5.74) is 6.33. The highest BCUT2D eigenvalue weighted by Gasteiger charge is 2.10. The lowest BCUT2D eigenvalue weighted by Gasteiger charge is -2.03. The van der Waals surface area contributed by atoms with Gasteiger partial charge in [-0.05, 0) is 24.3 Å². The van der Waals surface area contributed by atoms with E-state index in [1.807, 2.05) is 0 Å². The van der Waals surface area contributed by atoms with Crippen molar-refractivity contribution in [3.8, 4) is 5.75 Å². The topological polar surface area (TPSA) is 107 Å². The van der Waals surface area contributed by atoms with Gasteiger partial charge in [0.15, 0.2) is 0 Å². The van der Waals surface area contributed by atoms with Gasteiger partial charge in [0, 0.05) is 25.1 Å². The molecule has 0 saturated heterocycles. The number of rotatable bonds is 4. The first kappa shape index (κ1) is 13.8. The number of anilines is 1. The molecule has 2 aromatic rings. The number of hydrogen-bond acceptors (Lipinski definition) is 6. The van der Waals surface area contributed by atoms with Gasteiger partial charge in [0.2, 0.25) is 5.88 Å². The van der Waals surface area contributed by atoms with Gasteiger partial charge in [0.25, 0.3) is 5.91 Å². The summed E-state index contributed by atoms with van der Waals surface area (Å²) in [5, 5.41) is 6.20. The minimum Gasteiger partial charge on any atom is -0.427 e. The zero-order valence-electron chi connectivity index (χ0n) is 10.8. The molecule has 7 heteroatoms. The van der Waals surface area contributed by atoms with Crippen molar-refractivity contribution in [3.05, 3.63) is 41.6 Å². The van der Waals surface area contributed by atoms with E-state index in [1.165, 1.54) is 31.2 Å². The van der Waals surface area contributed by atoms with Crippen molar-refractivity contribution in [2.45, 2.75) is 13.5 Å². The second-order valence-electron chi connectivity index (χ2n) is 3.96. The maximum absolute atomic E-state index is 11.9. The van der Waals surface area contributed by atoms with Crippen LogP contribution in [0, 0.1) is 0 Å². The molecule has 2 rings (SSSR count). The first-order chi connectivity index (χ1) is 9.58. The van der Waals surface area contributed by atoms with Crippen molar-refractivity contribution < 1.29 is 18.8 Å². The fourth-order valence-corrected chi connectivity index (χ4v) is 1.49. The minimum absolute atomic E-state index is 0.222. The van der Waals surface area contributed by atoms with Crippen molar-refractivity contribution in [1.29, 1.82) is 0 Å². The molecule has 1 aromatic heterocycles. The number of esters is 1. The molecular weight excluding hydrogens is 262 g/mol. The first-order valence-corrected chi connectivity index (χ1v) is 5.84. The summed E-state index contributed by atoms with van der Waals surface area (Å²) in [7, 11) is 0. The van der Waals surface area contributed by atoms with Crippen LogP contribution in [0.25, 0.3) is 0 Å². The van der Waals surface area contributed by atoms with E-state index in [2.05, 4.69) is 10.5 Å². The van der Waals surface area contributed by atoms with E-state index < -0.39 is 5.97 Å². The number of carbonyl (C=O) groups is 2. The molecule has 1 heterocycles. The fourth-order valence-electron chi connectivity index (χ4n) is 1.49. The van der Waals surface area contributed by atoms with Gasteiger partial charge in [0.1, 0.15) is 5.75 Å². The molecule has 0 spiro atoms. The van der Waals surface area contributed by atoms with Gasteiger partial charge in [-0.1, -0.05) is 5.16 Å². The van der Waals surface area contributed by atoms with Crippen LogP contribution in [0.3, 0.4) is 0 Å². The fraction of sp³-hybridized carbons (Fsp3) is 0.154. The summed E-state index contributed by atoms with van der Waals surface area (Å²) in [6.07, 6.45) is 0. The number of benzene rings is 1. The second kappa shape index (κ2) is 5.98. The van der Waals surface area contributed by atoms with E-state index in [1.54, 1.807) is 6.07 Å². The second-order valence-corrected chi connectivity index (χ2v) is 3.96. The molecular formula is C13H13N3O4. The number of aromatic nitrogens is 1. The summed E-state index contributed by atoms with van der Waals surface area (Å²) in [6.45, 7) is 1.54. The summed E-state index contributed by atoms with van der Waals surface area (Å²) < 4.78 is 9.76. The normalized spacial score (nSPS) is 10.1. The van der Waals surface area contributed by atoms with E-state index in [0.717, 1.165) is 0 Å². The Morgan fingerprint density at radius 1 is 1.35 bits per heavy atom. The third kappa shape index (κ3) is 3.42. The van der Waals surface area contributed by atoms with E-state index in [9.17, 15) is 9.59 Å². The Labute approximate surface area is 114 Å². The first-order valence-electron chi connectivity index (χ1n) is 5.84. The number of hydrogen-bond donors (Lipinski definition) is 2. The SMILES string of the molecule is CC(=O)Oc1ccc(C(=O)Nc2cc(CN)no2)cc1. The van der Waals surface area contributed by atoms with Crippen molar-refractivity contribution >= 4 is 17.8 Å². The molecule has 104 valence electrons. The van der Waals surface area contributed by atoms with Gasteiger partial charge in [-0.25, -0.2) is 0 Å². The van der Waals surface area contributed by atoms with Crippen molar-refractivity contribution in [1.82, 2.24) is 5.16 Å². The van der Waals surface area contributed by atoms with Crippen LogP contribution in [-0.2, 0) is 11.3 Å². The lowest BCUT2D eigenvalue weighted by atomic mass is 10.2. The zero-order chi connectivity index (χ0) is 14.5. The van der Waals surface area contributed by atoms with Crippen LogP contribution in [0.1, 0.15) is 23.0 Å². The van der Waals surface area contributed by atoms with Crippen LogP contribution in [0.15, 0.2) is 34.9 Å². The van der Waals surface area contributed by atoms with Gasteiger partial charge in [-0.15, -0.1) is 0 Å². The third-order valence-corrected chi connectivity index (χ3v) is 2.38. The van der Waals surface area contributed by atoms with Crippen LogP contribution in [0.4, 0.5) is 5.88 Å². The lowest BCUT2D eigenvalue weighted by Crippen LogP contribution is -2.11. The minimum atomic E-state index is -0.418. The monoisotopic (exact) mass is 275 g/mol. The zero-order valence-corrected chi connectivity index (χ0v) is 10.8. The van der Waals surface area contributed by atoms with Gasteiger partial charge in [-0.2, -0.15) is 0 Å². The van der Waals surface area contributed by atoms with Crippen molar-refractivity contribution in [2.24, 2.45) is 5.73 Å². The predicted octanol–water partition coefficient (Wildman–Crippen LogP) is 1.31. The highest BCUT2D eigenvalue weighted by Crippen LogP contribution is 2.15. The van der Waals surface area contributed by atoms with Gasteiger partial charge in [0.05, 0.1) is 5.69 Å². The molecule has 7 nitrogen and oxygen atoms in total. The molecule has 1 amide bonds. The summed E-state index contributed by atoms with van der Waals surface area (Å²) in [4.78, 5) is 22.7. The molecule has 0 aliphatic heterocycles. The number of nitrogens with one attached hydrogen (secondary N) is 1. The molecule has 0 radical (unpaired) electrons. The Hall–Kier alpha value is -2.67. The smallest absolute Gasteiger partial charge is 0.308 e. The molecule has 0 atom stereocenters. The quantitative estimate of drug-likeness (QED) is 0.643. The van der Waals surface area contributed by atoms with Gasteiger partial charge < -0.3 is 15.0 Å². The number of ether oxygens (including phenoxy) is 1. The summed E-state index contributed by atoms with van der Waals surface area (Å²) in [5.74, 6) is -0.184. The number of carbonyl (C=O) groups excluding carboxylic acids is 2. The highest BCUT2D eigenvalue weighted by atomic mass is 16.5. The van der Waals surface area contributed by atoms with Crippen LogP contribution >= 0.6 is 0 Å². The summed E-state index contributed by atoms with van der Waals surface area (Å²) >= 11 is 0. The maximum Gasteiger partial charge on any atom is 0.308 e. The molecule has 20 heavy (non-hydrogen) atoms. The molecule has 1 aromatic carbocycles. The van der Waals surface area contributed by atoms with Crippen LogP contribution in [-0.4, -0.2) is 17.0 Å². The Morgan fingerprint density at radius 2 is 2.05 bits per heavy atom. The number of amides is 1. The van der Waals surface area contributed by atoms with Crippen molar-refractivity contribution in [3.63, 3.8) is 0 Å². The summed E-state index contributed by atoms with van der Waals surface area (Å²) in [6, 6.07) is 7.68. The number of nitrogens with two attached hydrogens (primary N) is 1. The Balaban J connectivity index is 2.03. The molecule has 3 N–H and O–H groups in total. The van der Waals surface area contributed by atoms with Crippen LogP contribution in [0.5, 0.6) is 5.75 Å². The highest BCUT2D eigenvalue weighted by molar-refractivity contribution is 6.03.